The summed E-state index contributed by atoms with van der Waals surface area (Å²) in [5.41, 5.74) is 5.70. The molecule has 1 aliphatic carbocycles. The molecule has 0 N–H and O–H groups in total. The van der Waals surface area contributed by atoms with Crippen molar-refractivity contribution in [2.75, 3.05) is 0 Å². The van der Waals surface area contributed by atoms with E-state index in [9.17, 15) is 4.79 Å². The third-order valence-electron chi connectivity index (χ3n) is 4.11. The van der Waals surface area contributed by atoms with Gasteiger partial charge in [-0.15, -0.1) is 0 Å². The van der Waals surface area contributed by atoms with Gasteiger partial charge in [-0.3, -0.25) is 4.79 Å². The summed E-state index contributed by atoms with van der Waals surface area (Å²) >= 11 is 0. The maximum absolute atomic E-state index is 12.8. The quantitative estimate of drug-likeness (QED) is 0.729. The van der Waals surface area contributed by atoms with Gasteiger partial charge in [0.25, 0.3) is 0 Å². The van der Waals surface area contributed by atoms with Crippen molar-refractivity contribution in [3.63, 3.8) is 0 Å². The van der Waals surface area contributed by atoms with Crippen molar-refractivity contribution in [1.29, 1.82) is 0 Å². The first-order valence-electron chi connectivity index (χ1n) is 6.86. The summed E-state index contributed by atoms with van der Waals surface area (Å²) in [6, 6.07) is 14.5. The van der Waals surface area contributed by atoms with E-state index in [0.717, 1.165) is 29.5 Å². The highest BCUT2D eigenvalue weighted by Gasteiger charge is 2.29. The Labute approximate surface area is 114 Å². The fourth-order valence-electron chi connectivity index (χ4n) is 3.02. The molecule has 3 rings (SSSR count). The van der Waals surface area contributed by atoms with Gasteiger partial charge in [0.05, 0.1) is 0 Å². The smallest absolute Gasteiger partial charge is 0.170 e. The van der Waals surface area contributed by atoms with Crippen molar-refractivity contribution in [1.82, 2.24) is 0 Å². The molecule has 1 heteroatoms. The summed E-state index contributed by atoms with van der Waals surface area (Å²) in [5.74, 6) is 0.336. The highest BCUT2D eigenvalue weighted by Crippen LogP contribution is 2.35. The number of Topliss-reactive ketones (excluding diaryl/α,β-unsaturated/α-hetero) is 1. The van der Waals surface area contributed by atoms with Gasteiger partial charge in [-0.1, -0.05) is 42.0 Å². The topological polar surface area (TPSA) is 17.1 Å². The van der Waals surface area contributed by atoms with E-state index in [1.807, 2.05) is 32.0 Å². The summed E-state index contributed by atoms with van der Waals surface area (Å²) in [5, 5.41) is 0. The molecular weight excluding hydrogens is 232 g/mol. The van der Waals surface area contributed by atoms with Gasteiger partial charge < -0.3 is 0 Å². The van der Waals surface area contributed by atoms with Crippen molar-refractivity contribution in [2.24, 2.45) is 0 Å². The van der Waals surface area contributed by atoms with Crippen LogP contribution >= 0.6 is 0 Å². The van der Waals surface area contributed by atoms with Gasteiger partial charge in [0.2, 0.25) is 0 Å². The van der Waals surface area contributed by atoms with Crippen LogP contribution in [0.1, 0.15) is 45.0 Å². The zero-order valence-corrected chi connectivity index (χ0v) is 11.4. The SMILES string of the molecule is Cc1ccc(C)c(C(=O)C2CCc3ccccc32)c1. The lowest BCUT2D eigenvalue weighted by atomic mass is 9.89. The zero-order chi connectivity index (χ0) is 13.4. The number of hydrogen-bond donors (Lipinski definition) is 0. The van der Waals surface area contributed by atoms with Crippen LogP contribution in [0.15, 0.2) is 42.5 Å². The van der Waals surface area contributed by atoms with Crippen LogP contribution in [0.4, 0.5) is 0 Å². The van der Waals surface area contributed by atoms with E-state index in [2.05, 4.69) is 24.3 Å². The number of aryl methyl sites for hydroxylation is 3. The summed E-state index contributed by atoms with van der Waals surface area (Å²) < 4.78 is 0. The van der Waals surface area contributed by atoms with E-state index >= 15 is 0 Å². The molecule has 0 amide bonds. The van der Waals surface area contributed by atoms with Gasteiger partial charge in [-0.05, 0) is 49.4 Å². The van der Waals surface area contributed by atoms with Crippen molar-refractivity contribution < 1.29 is 4.79 Å². The van der Waals surface area contributed by atoms with Gasteiger partial charge in [0.1, 0.15) is 0 Å². The van der Waals surface area contributed by atoms with Gasteiger partial charge in [-0.2, -0.15) is 0 Å². The standard InChI is InChI=1S/C18H18O/c1-12-7-8-13(2)17(11-12)18(19)16-10-9-14-5-3-4-6-15(14)16/h3-8,11,16H,9-10H2,1-2H3. The lowest BCUT2D eigenvalue weighted by molar-refractivity contribution is 0.0959. The van der Waals surface area contributed by atoms with E-state index in [-0.39, 0.29) is 11.7 Å². The second-order valence-electron chi connectivity index (χ2n) is 5.47. The number of fused-ring (bicyclic) bond motifs is 1. The third-order valence-corrected chi connectivity index (χ3v) is 4.11. The number of carbonyl (C=O) groups excluding carboxylic acids is 1. The summed E-state index contributed by atoms with van der Waals surface area (Å²) in [7, 11) is 0. The minimum Gasteiger partial charge on any atom is -0.293 e. The fourth-order valence-corrected chi connectivity index (χ4v) is 3.02. The molecule has 96 valence electrons. The molecule has 0 aliphatic heterocycles. The lowest BCUT2D eigenvalue weighted by Gasteiger charge is -2.13. The maximum Gasteiger partial charge on any atom is 0.170 e. The average Bonchev–Trinajstić information content (AvgIpc) is 2.84. The molecule has 0 fully saturated rings. The van der Waals surface area contributed by atoms with E-state index in [1.165, 1.54) is 11.1 Å². The molecule has 2 aromatic rings. The molecule has 0 aromatic heterocycles. The predicted molar refractivity (Wildman–Crippen MR) is 77.8 cm³/mol. The van der Waals surface area contributed by atoms with Crippen LogP contribution < -0.4 is 0 Å². The number of ketones is 1. The largest absolute Gasteiger partial charge is 0.293 e. The van der Waals surface area contributed by atoms with Crippen molar-refractivity contribution in [2.45, 2.75) is 32.6 Å². The second kappa shape index (κ2) is 4.65. The molecule has 0 saturated carbocycles. The number of carbonyl (C=O) groups is 1. The Morgan fingerprint density at radius 1 is 1.11 bits per heavy atom. The van der Waals surface area contributed by atoms with Gasteiger partial charge >= 0.3 is 0 Å². The minimum atomic E-state index is 0.0525. The summed E-state index contributed by atoms with van der Waals surface area (Å²) in [6.07, 6.45) is 1.98. The van der Waals surface area contributed by atoms with E-state index in [1.54, 1.807) is 0 Å². The first-order valence-corrected chi connectivity index (χ1v) is 6.86. The molecule has 2 aromatic carbocycles. The molecular formula is C18H18O. The molecule has 1 unspecified atom stereocenters. The predicted octanol–water partition coefficient (Wildman–Crippen LogP) is 4.22. The molecule has 1 aliphatic rings. The first-order chi connectivity index (χ1) is 9.16. The normalized spacial score (nSPS) is 17.3. The Morgan fingerprint density at radius 2 is 1.89 bits per heavy atom. The van der Waals surface area contributed by atoms with Crippen LogP contribution in [0.3, 0.4) is 0 Å². The van der Waals surface area contributed by atoms with E-state index in [4.69, 9.17) is 0 Å². The first kappa shape index (κ1) is 12.2. The fraction of sp³-hybridized carbons (Fsp3) is 0.278. The van der Waals surface area contributed by atoms with Gasteiger partial charge in [0.15, 0.2) is 5.78 Å². The monoisotopic (exact) mass is 250 g/mol. The van der Waals surface area contributed by atoms with Gasteiger partial charge in [-0.25, -0.2) is 0 Å². The number of benzene rings is 2. The Kier molecular flexibility index (Phi) is 2.98. The molecule has 0 heterocycles. The highest BCUT2D eigenvalue weighted by molar-refractivity contribution is 6.02. The maximum atomic E-state index is 12.8. The van der Waals surface area contributed by atoms with Crippen LogP contribution in [0.2, 0.25) is 0 Å². The van der Waals surface area contributed by atoms with Crippen LogP contribution in [0, 0.1) is 13.8 Å². The van der Waals surface area contributed by atoms with Crippen molar-refractivity contribution >= 4 is 5.78 Å². The van der Waals surface area contributed by atoms with Crippen molar-refractivity contribution in [3.8, 4) is 0 Å². The van der Waals surface area contributed by atoms with Crippen LogP contribution in [-0.4, -0.2) is 5.78 Å². The molecule has 0 spiro atoms. The number of rotatable bonds is 2. The average molecular weight is 250 g/mol. The Bertz CT molecular complexity index is 640. The summed E-state index contributed by atoms with van der Waals surface area (Å²) in [4.78, 5) is 12.8. The third kappa shape index (κ3) is 2.10. The molecule has 0 saturated heterocycles. The van der Waals surface area contributed by atoms with Crippen LogP contribution in [0.5, 0.6) is 0 Å². The summed E-state index contributed by atoms with van der Waals surface area (Å²) in [6.45, 7) is 4.06. The molecule has 1 atom stereocenters. The van der Waals surface area contributed by atoms with Crippen LogP contribution in [-0.2, 0) is 6.42 Å². The van der Waals surface area contributed by atoms with Crippen molar-refractivity contribution in [3.05, 3.63) is 70.3 Å². The Hall–Kier alpha value is -1.89. The van der Waals surface area contributed by atoms with E-state index in [0.29, 0.717) is 0 Å². The Morgan fingerprint density at radius 3 is 2.74 bits per heavy atom. The molecule has 19 heavy (non-hydrogen) atoms. The van der Waals surface area contributed by atoms with Gasteiger partial charge in [0, 0.05) is 11.5 Å². The second-order valence-corrected chi connectivity index (χ2v) is 5.47. The lowest BCUT2D eigenvalue weighted by Crippen LogP contribution is -2.11. The zero-order valence-electron chi connectivity index (χ0n) is 11.4. The van der Waals surface area contributed by atoms with Crippen LogP contribution in [0.25, 0.3) is 0 Å². The molecule has 1 nitrogen and oxygen atoms in total. The Balaban J connectivity index is 2.00. The highest BCUT2D eigenvalue weighted by atomic mass is 16.1. The minimum absolute atomic E-state index is 0.0525. The van der Waals surface area contributed by atoms with E-state index < -0.39 is 0 Å². The molecule has 0 bridgehead atoms. The molecule has 0 radical (unpaired) electrons. The number of hydrogen-bond acceptors (Lipinski definition) is 1.